The van der Waals surface area contributed by atoms with Crippen molar-refractivity contribution in [1.82, 2.24) is 19.4 Å². The van der Waals surface area contributed by atoms with Gasteiger partial charge in [0, 0.05) is 35.9 Å². The van der Waals surface area contributed by atoms with Crippen LogP contribution in [-0.2, 0) is 17.5 Å². The van der Waals surface area contributed by atoms with Gasteiger partial charge in [-0.2, -0.15) is 13.2 Å². The van der Waals surface area contributed by atoms with E-state index in [-0.39, 0.29) is 18.2 Å². The Bertz CT molecular complexity index is 1340. The van der Waals surface area contributed by atoms with Gasteiger partial charge in [0.05, 0.1) is 17.8 Å². The van der Waals surface area contributed by atoms with E-state index < -0.39 is 29.0 Å². The zero-order valence-corrected chi connectivity index (χ0v) is 20.7. The molecule has 0 aromatic carbocycles. The van der Waals surface area contributed by atoms with Crippen LogP contribution < -0.4 is 5.56 Å². The summed E-state index contributed by atoms with van der Waals surface area (Å²) in [5.41, 5.74) is -0.662. The predicted molar refractivity (Wildman–Crippen MR) is 129 cm³/mol. The second kappa shape index (κ2) is 9.55. The number of fused-ring (bicyclic) bond motifs is 1. The van der Waals surface area contributed by atoms with Crippen LogP contribution in [-0.4, -0.2) is 44.2 Å². The lowest BCUT2D eigenvalue weighted by molar-refractivity contribution is -0.138. The summed E-state index contributed by atoms with van der Waals surface area (Å²) in [6.07, 6.45) is -2.63. The fourth-order valence-corrected chi connectivity index (χ4v) is 4.47. The van der Waals surface area contributed by atoms with E-state index >= 15 is 0 Å². The molecule has 3 aromatic heterocycles. The van der Waals surface area contributed by atoms with E-state index in [0.717, 1.165) is 6.07 Å². The zero-order valence-electron chi connectivity index (χ0n) is 20.7. The first-order valence-corrected chi connectivity index (χ1v) is 11.8. The Balaban J connectivity index is 1.70. The van der Waals surface area contributed by atoms with Crippen LogP contribution in [0.3, 0.4) is 0 Å². The van der Waals surface area contributed by atoms with E-state index in [9.17, 15) is 22.8 Å². The maximum Gasteiger partial charge on any atom is 0.418 e. The molecule has 36 heavy (non-hydrogen) atoms. The molecule has 3 aromatic rings. The lowest BCUT2D eigenvalue weighted by Gasteiger charge is -2.33. The number of aryl methyl sites for hydroxylation is 1. The SMILES string of the molecule is Cc1ccc2cc(C3CCN(C(=O)OC(C)(C)C)CC3)c(=O)n(Cc3ncccc3C(F)(F)F)c2n1. The molecule has 0 unspecified atom stereocenters. The Morgan fingerprint density at radius 3 is 2.47 bits per heavy atom. The zero-order chi connectivity index (χ0) is 26.3. The van der Waals surface area contributed by atoms with Crippen LogP contribution in [0.2, 0.25) is 0 Å². The minimum absolute atomic E-state index is 0.154. The number of amides is 1. The molecule has 0 N–H and O–H groups in total. The van der Waals surface area contributed by atoms with Gasteiger partial charge in [-0.3, -0.25) is 14.3 Å². The number of halogens is 3. The van der Waals surface area contributed by atoms with E-state index in [0.29, 0.717) is 48.2 Å². The molecule has 1 saturated heterocycles. The smallest absolute Gasteiger partial charge is 0.418 e. The summed E-state index contributed by atoms with van der Waals surface area (Å²) in [4.78, 5) is 36.1. The third-order valence-corrected chi connectivity index (χ3v) is 6.19. The first-order chi connectivity index (χ1) is 16.8. The van der Waals surface area contributed by atoms with E-state index in [1.807, 2.05) is 6.07 Å². The lowest BCUT2D eigenvalue weighted by Crippen LogP contribution is -2.42. The number of carbonyl (C=O) groups excluding carboxylic acids is 1. The molecule has 0 atom stereocenters. The van der Waals surface area contributed by atoms with Crippen LogP contribution in [0, 0.1) is 6.92 Å². The van der Waals surface area contributed by atoms with Crippen LogP contribution in [0.25, 0.3) is 11.0 Å². The van der Waals surface area contributed by atoms with Crippen molar-refractivity contribution in [2.45, 2.75) is 64.8 Å². The van der Waals surface area contributed by atoms with Gasteiger partial charge in [0.1, 0.15) is 11.2 Å². The average molecular weight is 503 g/mol. The summed E-state index contributed by atoms with van der Waals surface area (Å²) in [5, 5.41) is 0.661. The first kappa shape index (κ1) is 25.7. The van der Waals surface area contributed by atoms with Gasteiger partial charge < -0.3 is 9.64 Å². The van der Waals surface area contributed by atoms with Crippen LogP contribution in [0.15, 0.2) is 41.3 Å². The van der Waals surface area contributed by atoms with Gasteiger partial charge in [-0.05, 0) is 76.8 Å². The second-order valence-electron chi connectivity index (χ2n) is 10.1. The molecule has 0 bridgehead atoms. The molecule has 4 rings (SSSR count). The second-order valence-corrected chi connectivity index (χ2v) is 10.1. The number of alkyl halides is 3. The minimum atomic E-state index is -4.60. The maximum atomic E-state index is 13.7. The highest BCUT2D eigenvalue weighted by Crippen LogP contribution is 2.32. The molecule has 1 fully saturated rings. The highest BCUT2D eigenvalue weighted by atomic mass is 19.4. The van der Waals surface area contributed by atoms with Crippen LogP contribution in [0.5, 0.6) is 0 Å². The van der Waals surface area contributed by atoms with Gasteiger partial charge in [0.15, 0.2) is 0 Å². The van der Waals surface area contributed by atoms with Crippen LogP contribution in [0.1, 0.15) is 62.0 Å². The van der Waals surface area contributed by atoms with Crippen LogP contribution in [0.4, 0.5) is 18.0 Å². The summed E-state index contributed by atoms with van der Waals surface area (Å²) in [7, 11) is 0. The Hall–Kier alpha value is -3.43. The summed E-state index contributed by atoms with van der Waals surface area (Å²) in [5.74, 6) is -0.154. The Morgan fingerprint density at radius 2 is 1.83 bits per heavy atom. The number of likely N-dealkylation sites (tertiary alicyclic amines) is 1. The molecule has 1 aliphatic rings. The van der Waals surface area contributed by atoms with Crippen molar-refractivity contribution in [3.8, 4) is 0 Å². The number of rotatable bonds is 3. The monoisotopic (exact) mass is 502 g/mol. The van der Waals surface area contributed by atoms with Crippen molar-refractivity contribution in [1.29, 1.82) is 0 Å². The average Bonchev–Trinajstić information content (AvgIpc) is 2.79. The summed E-state index contributed by atoms with van der Waals surface area (Å²) in [6, 6.07) is 7.58. The minimum Gasteiger partial charge on any atom is -0.444 e. The normalized spacial score (nSPS) is 15.4. The molecule has 0 aliphatic carbocycles. The highest BCUT2D eigenvalue weighted by Gasteiger charge is 2.34. The molecule has 4 heterocycles. The Morgan fingerprint density at radius 1 is 1.14 bits per heavy atom. The van der Waals surface area contributed by atoms with Gasteiger partial charge in [-0.15, -0.1) is 0 Å². The van der Waals surface area contributed by atoms with Crippen molar-refractivity contribution in [3.05, 3.63) is 69.4 Å². The van der Waals surface area contributed by atoms with Crippen LogP contribution >= 0.6 is 0 Å². The van der Waals surface area contributed by atoms with Crippen molar-refractivity contribution in [3.63, 3.8) is 0 Å². The third kappa shape index (κ3) is 5.52. The molecule has 0 radical (unpaired) electrons. The fraction of sp³-hybridized carbons (Fsp3) is 0.462. The Kier molecular flexibility index (Phi) is 6.81. The summed E-state index contributed by atoms with van der Waals surface area (Å²) < 4.78 is 47.6. The highest BCUT2D eigenvalue weighted by molar-refractivity contribution is 5.76. The van der Waals surface area contributed by atoms with Gasteiger partial charge in [-0.1, -0.05) is 0 Å². The number of hydrogen-bond donors (Lipinski definition) is 0. The van der Waals surface area contributed by atoms with Gasteiger partial charge in [0.2, 0.25) is 0 Å². The molecule has 7 nitrogen and oxygen atoms in total. The predicted octanol–water partition coefficient (Wildman–Crippen LogP) is 5.28. The number of pyridine rings is 3. The molecule has 0 spiro atoms. The molecule has 192 valence electrons. The Labute approximate surface area is 206 Å². The molecule has 0 saturated carbocycles. The topological polar surface area (TPSA) is 77.3 Å². The third-order valence-electron chi connectivity index (χ3n) is 6.19. The molecule has 1 amide bonds. The van der Waals surface area contributed by atoms with Gasteiger partial charge in [-0.25, -0.2) is 9.78 Å². The summed E-state index contributed by atoms with van der Waals surface area (Å²) in [6.45, 7) is 7.65. The number of piperidine rings is 1. The van der Waals surface area contributed by atoms with Crippen molar-refractivity contribution >= 4 is 17.1 Å². The van der Waals surface area contributed by atoms with Crippen molar-refractivity contribution in [2.75, 3.05) is 13.1 Å². The number of carbonyl (C=O) groups is 1. The molecule has 1 aliphatic heterocycles. The number of aromatic nitrogens is 3. The van der Waals surface area contributed by atoms with E-state index in [4.69, 9.17) is 4.74 Å². The quantitative estimate of drug-likeness (QED) is 0.487. The maximum absolute atomic E-state index is 13.7. The fourth-order valence-electron chi connectivity index (χ4n) is 4.47. The van der Waals surface area contributed by atoms with E-state index in [1.54, 1.807) is 44.7 Å². The van der Waals surface area contributed by atoms with Crippen molar-refractivity contribution < 1.29 is 22.7 Å². The molecular formula is C26H29F3N4O3. The first-order valence-electron chi connectivity index (χ1n) is 11.8. The number of ether oxygens (including phenoxy) is 1. The number of hydrogen-bond acceptors (Lipinski definition) is 5. The molecule has 10 heteroatoms. The standard InChI is InChI=1S/C26H29F3N4O3/c1-16-7-8-18-14-19(17-9-12-32(13-10-17)24(35)36-25(2,3)4)23(34)33(22(18)31-16)15-21-20(26(27,28)29)6-5-11-30-21/h5-8,11,14,17H,9-10,12-13,15H2,1-4H3. The lowest BCUT2D eigenvalue weighted by atomic mass is 9.89. The summed E-state index contributed by atoms with van der Waals surface area (Å²) >= 11 is 0. The number of nitrogens with zero attached hydrogens (tertiary/aromatic N) is 4. The van der Waals surface area contributed by atoms with E-state index in [2.05, 4.69) is 9.97 Å². The largest absolute Gasteiger partial charge is 0.444 e. The van der Waals surface area contributed by atoms with Gasteiger partial charge >= 0.3 is 12.3 Å². The van der Waals surface area contributed by atoms with Crippen molar-refractivity contribution in [2.24, 2.45) is 0 Å². The molecular weight excluding hydrogens is 473 g/mol. The van der Waals surface area contributed by atoms with Gasteiger partial charge in [0.25, 0.3) is 5.56 Å². The van der Waals surface area contributed by atoms with E-state index in [1.165, 1.54) is 16.8 Å².